The summed E-state index contributed by atoms with van der Waals surface area (Å²) in [6.45, 7) is 14.8. The van der Waals surface area contributed by atoms with Crippen molar-refractivity contribution in [1.82, 2.24) is 20.4 Å². The number of rotatable bonds is 10. The van der Waals surface area contributed by atoms with Gasteiger partial charge in [0, 0.05) is 65.1 Å². The smallest absolute Gasteiger partial charge is 0.191 e. The van der Waals surface area contributed by atoms with Crippen LogP contribution in [0.4, 0.5) is 0 Å². The molecule has 3 aliphatic rings. The van der Waals surface area contributed by atoms with Crippen LogP contribution >= 0.6 is 0 Å². The maximum absolute atomic E-state index is 5.59. The van der Waals surface area contributed by atoms with Gasteiger partial charge in [0.25, 0.3) is 0 Å². The summed E-state index contributed by atoms with van der Waals surface area (Å²) in [6, 6.07) is 0.588. The molecule has 0 aliphatic carbocycles. The molecule has 6 nitrogen and oxygen atoms in total. The molecule has 134 valence electrons. The van der Waals surface area contributed by atoms with Crippen molar-refractivity contribution in [2.75, 3.05) is 65.6 Å². The Morgan fingerprint density at radius 1 is 1.09 bits per heavy atom. The molecule has 6 heteroatoms. The molecule has 2 N–H and O–H groups in total. The van der Waals surface area contributed by atoms with Gasteiger partial charge < -0.3 is 15.4 Å². The molecule has 3 aliphatic heterocycles. The average Bonchev–Trinajstić information content (AvgIpc) is 2.60. The van der Waals surface area contributed by atoms with Crippen molar-refractivity contribution in [3.05, 3.63) is 0 Å². The minimum atomic E-state index is 0.588. The van der Waals surface area contributed by atoms with Gasteiger partial charge in [-0.25, -0.2) is 0 Å². The van der Waals surface area contributed by atoms with E-state index in [1.54, 1.807) is 0 Å². The lowest BCUT2D eigenvalue weighted by atomic mass is 10.1. The number of nitrogens with zero attached hydrogens (tertiary/aromatic N) is 3. The summed E-state index contributed by atoms with van der Waals surface area (Å²) in [4.78, 5) is 9.94. The molecule has 0 saturated carbocycles. The van der Waals surface area contributed by atoms with Crippen molar-refractivity contribution in [3.63, 3.8) is 0 Å². The van der Waals surface area contributed by atoms with E-state index in [0.717, 1.165) is 51.6 Å². The van der Waals surface area contributed by atoms with Gasteiger partial charge in [-0.05, 0) is 19.8 Å². The van der Waals surface area contributed by atoms with Gasteiger partial charge in [0.15, 0.2) is 5.96 Å². The lowest BCUT2D eigenvalue weighted by Crippen LogP contribution is -2.62. The fourth-order valence-corrected chi connectivity index (χ4v) is 3.17. The monoisotopic (exact) mass is 325 g/mol. The van der Waals surface area contributed by atoms with E-state index < -0.39 is 0 Å². The first-order chi connectivity index (χ1) is 11.3. The zero-order valence-corrected chi connectivity index (χ0v) is 15.0. The summed E-state index contributed by atoms with van der Waals surface area (Å²) in [7, 11) is 0. The van der Waals surface area contributed by atoms with Crippen LogP contribution in [0.5, 0.6) is 0 Å². The number of nitrogens with one attached hydrogen (secondary N) is 2. The van der Waals surface area contributed by atoms with Crippen molar-refractivity contribution in [2.45, 2.75) is 39.2 Å². The largest absolute Gasteiger partial charge is 0.381 e. The van der Waals surface area contributed by atoms with Crippen LogP contribution < -0.4 is 10.6 Å². The van der Waals surface area contributed by atoms with E-state index in [-0.39, 0.29) is 0 Å². The van der Waals surface area contributed by atoms with Gasteiger partial charge in [-0.15, -0.1) is 0 Å². The highest BCUT2D eigenvalue weighted by Crippen LogP contribution is 2.15. The quantitative estimate of drug-likeness (QED) is 0.353. The zero-order chi connectivity index (χ0) is 16.3. The van der Waals surface area contributed by atoms with Crippen LogP contribution in [-0.4, -0.2) is 87.4 Å². The van der Waals surface area contributed by atoms with E-state index in [9.17, 15) is 0 Å². The molecule has 23 heavy (non-hydrogen) atoms. The summed E-state index contributed by atoms with van der Waals surface area (Å²) in [5, 5.41) is 6.77. The van der Waals surface area contributed by atoms with E-state index in [1.165, 1.54) is 39.1 Å². The van der Waals surface area contributed by atoms with Gasteiger partial charge >= 0.3 is 0 Å². The van der Waals surface area contributed by atoms with E-state index in [0.29, 0.717) is 6.04 Å². The molecule has 3 heterocycles. The summed E-state index contributed by atoms with van der Waals surface area (Å²) in [5.41, 5.74) is 0. The Balaban J connectivity index is 1.64. The van der Waals surface area contributed by atoms with Crippen LogP contribution in [0.25, 0.3) is 0 Å². The first-order valence-electron chi connectivity index (χ1n) is 9.39. The summed E-state index contributed by atoms with van der Waals surface area (Å²) < 4.78 is 5.59. The molecular weight excluding hydrogens is 290 g/mol. The fourth-order valence-electron chi connectivity index (χ4n) is 3.17. The topological polar surface area (TPSA) is 52.1 Å². The Bertz CT molecular complexity index is 342. The van der Waals surface area contributed by atoms with Crippen LogP contribution in [0, 0.1) is 0 Å². The Labute approximate surface area is 141 Å². The third-order valence-corrected chi connectivity index (χ3v) is 4.60. The van der Waals surface area contributed by atoms with Crippen molar-refractivity contribution in [2.24, 2.45) is 4.99 Å². The second-order valence-electron chi connectivity index (χ2n) is 6.46. The normalized spacial score (nSPS) is 27.2. The van der Waals surface area contributed by atoms with Gasteiger partial charge in [-0.3, -0.25) is 14.8 Å². The number of guanidine groups is 1. The Morgan fingerprint density at radius 2 is 1.87 bits per heavy atom. The van der Waals surface area contributed by atoms with Gasteiger partial charge in [-0.2, -0.15) is 0 Å². The third kappa shape index (κ3) is 6.65. The van der Waals surface area contributed by atoms with E-state index >= 15 is 0 Å². The summed E-state index contributed by atoms with van der Waals surface area (Å²) >= 11 is 0. The first-order valence-corrected chi connectivity index (χ1v) is 9.39. The number of unbranched alkanes of at least 4 members (excludes halogenated alkanes) is 1. The highest BCUT2D eigenvalue weighted by Gasteiger charge is 2.31. The highest BCUT2D eigenvalue weighted by atomic mass is 16.5. The Kier molecular flexibility index (Phi) is 8.71. The molecule has 0 radical (unpaired) electrons. The van der Waals surface area contributed by atoms with Crippen LogP contribution in [-0.2, 0) is 4.74 Å². The summed E-state index contributed by atoms with van der Waals surface area (Å²) in [6.07, 6.45) is 3.38. The minimum absolute atomic E-state index is 0.588. The predicted molar refractivity (Wildman–Crippen MR) is 96.1 cm³/mol. The van der Waals surface area contributed by atoms with E-state index in [4.69, 9.17) is 9.73 Å². The van der Waals surface area contributed by atoms with Gasteiger partial charge in [0.05, 0.1) is 6.54 Å². The average molecular weight is 326 g/mol. The lowest BCUT2D eigenvalue weighted by molar-refractivity contribution is 0.0174. The predicted octanol–water partition coefficient (Wildman–Crippen LogP) is 0.748. The lowest BCUT2D eigenvalue weighted by Gasteiger charge is -2.47. The fraction of sp³-hybridized carbons (Fsp3) is 0.941. The molecule has 0 aromatic carbocycles. The maximum atomic E-state index is 5.59. The highest BCUT2D eigenvalue weighted by molar-refractivity contribution is 5.79. The van der Waals surface area contributed by atoms with Gasteiger partial charge in [-0.1, -0.05) is 13.3 Å². The van der Waals surface area contributed by atoms with E-state index in [1.807, 2.05) is 0 Å². The molecule has 1 unspecified atom stereocenters. The number of aliphatic imine (C=N–C) groups is 1. The number of piperazine rings is 3. The number of hydrogen-bond donors (Lipinski definition) is 2. The van der Waals surface area contributed by atoms with Crippen molar-refractivity contribution >= 4 is 5.96 Å². The maximum Gasteiger partial charge on any atom is 0.191 e. The molecule has 0 amide bonds. The Hall–Kier alpha value is -0.850. The first kappa shape index (κ1) is 18.5. The molecule has 0 aromatic rings. The standard InChI is InChI=1S/C17H35N5O/c1-3-5-12-23-13-6-7-19-17(18-4-2)20-14-16-15-21-8-10-22(16)11-9-21/h16H,3-15H2,1-2H3,(H2,18,19,20). The van der Waals surface area contributed by atoms with Gasteiger partial charge in [0.1, 0.15) is 0 Å². The Morgan fingerprint density at radius 3 is 2.52 bits per heavy atom. The zero-order valence-electron chi connectivity index (χ0n) is 15.0. The second kappa shape index (κ2) is 10.8. The molecule has 3 fully saturated rings. The second-order valence-corrected chi connectivity index (χ2v) is 6.46. The van der Waals surface area contributed by atoms with Gasteiger partial charge in [0.2, 0.25) is 0 Å². The van der Waals surface area contributed by atoms with Crippen LogP contribution in [0.3, 0.4) is 0 Å². The minimum Gasteiger partial charge on any atom is -0.381 e. The molecule has 3 rings (SSSR count). The molecule has 2 bridgehead atoms. The SMILES string of the molecule is CCCCOCCCNC(=NCC1CN2CCN1CC2)NCC. The number of fused-ring (bicyclic) bond motifs is 3. The summed E-state index contributed by atoms with van der Waals surface area (Å²) in [5.74, 6) is 0.943. The number of hydrogen-bond acceptors (Lipinski definition) is 4. The third-order valence-electron chi connectivity index (χ3n) is 4.60. The van der Waals surface area contributed by atoms with Crippen LogP contribution in [0.2, 0.25) is 0 Å². The van der Waals surface area contributed by atoms with E-state index in [2.05, 4.69) is 34.3 Å². The van der Waals surface area contributed by atoms with Crippen LogP contribution in [0.15, 0.2) is 4.99 Å². The van der Waals surface area contributed by atoms with Crippen molar-refractivity contribution in [3.8, 4) is 0 Å². The molecule has 3 saturated heterocycles. The number of ether oxygens (including phenoxy) is 1. The molecule has 0 aromatic heterocycles. The molecule has 0 spiro atoms. The van der Waals surface area contributed by atoms with Crippen molar-refractivity contribution < 1.29 is 4.74 Å². The molecule has 1 atom stereocenters. The van der Waals surface area contributed by atoms with Crippen LogP contribution in [0.1, 0.15) is 33.1 Å². The van der Waals surface area contributed by atoms with Crippen molar-refractivity contribution in [1.29, 1.82) is 0 Å². The molecular formula is C17H35N5O.